The summed E-state index contributed by atoms with van der Waals surface area (Å²) in [6.45, 7) is 2.44. The van der Waals surface area contributed by atoms with Crippen LogP contribution in [0, 0.1) is 5.82 Å². The fourth-order valence-corrected chi connectivity index (χ4v) is 2.86. The molecule has 0 aromatic heterocycles. The van der Waals surface area contributed by atoms with Crippen LogP contribution in [-0.2, 0) is 6.54 Å². The summed E-state index contributed by atoms with van der Waals surface area (Å²) in [5.74, 6) is 1.86. The third-order valence-electron chi connectivity index (χ3n) is 2.87. The average Bonchev–Trinajstić information content (AvgIpc) is 2.33. The minimum atomic E-state index is -1.54. The summed E-state index contributed by atoms with van der Waals surface area (Å²) in [7, 11) is -1.54. The van der Waals surface area contributed by atoms with E-state index in [1.807, 2.05) is 11.8 Å². The molecule has 0 unspecified atom stereocenters. The molecule has 92 valence electrons. The predicted octanol–water partition coefficient (Wildman–Crippen LogP) is 0.0543. The first-order valence-electron chi connectivity index (χ1n) is 5.61. The number of rotatable bonds is 3. The van der Waals surface area contributed by atoms with Crippen molar-refractivity contribution in [3.8, 4) is 0 Å². The van der Waals surface area contributed by atoms with Crippen LogP contribution in [0.4, 0.5) is 4.39 Å². The van der Waals surface area contributed by atoms with Gasteiger partial charge in [-0.15, -0.1) is 0 Å². The minimum absolute atomic E-state index is 0.285. The van der Waals surface area contributed by atoms with E-state index in [4.69, 9.17) is 10.0 Å². The minimum Gasteiger partial charge on any atom is -0.423 e. The van der Waals surface area contributed by atoms with Gasteiger partial charge in [0.2, 0.25) is 0 Å². The van der Waals surface area contributed by atoms with Crippen LogP contribution in [0.2, 0.25) is 0 Å². The molecule has 2 N–H and O–H groups in total. The van der Waals surface area contributed by atoms with Crippen LogP contribution in [0.15, 0.2) is 18.2 Å². The lowest BCUT2D eigenvalue weighted by Gasteiger charge is -2.26. The van der Waals surface area contributed by atoms with Gasteiger partial charge in [0.05, 0.1) is 0 Å². The fourth-order valence-electron chi connectivity index (χ4n) is 1.88. The lowest BCUT2D eigenvalue weighted by Crippen LogP contribution is -2.34. The Balaban J connectivity index is 2.10. The van der Waals surface area contributed by atoms with Crippen molar-refractivity contribution in [2.24, 2.45) is 0 Å². The maximum Gasteiger partial charge on any atom is 0.488 e. The second-order valence-corrected chi connectivity index (χ2v) is 5.34. The first kappa shape index (κ1) is 12.9. The third-order valence-corrected chi connectivity index (χ3v) is 3.81. The van der Waals surface area contributed by atoms with Crippen molar-refractivity contribution >= 4 is 24.3 Å². The van der Waals surface area contributed by atoms with Crippen LogP contribution in [0.3, 0.4) is 0 Å². The largest absolute Gasteiger partial charge is 0.488 e. The van der Waals surface area contributed by atoms with E-state index in [0.29, 0.717) is 17.6 Å². The van der Waals surface area contributed by atoms with E-state index in [1.165, 1.54) is 18.2 Å². The Morgan fingerprint density at radius 2 is 2.00 bits per heavy atom. The topological polar surface area (TPSA) is 43.7 Å². The summed E-state index contributed by atoms with van der Waals surface area (Å²) in [5.41, 5.74) is 0.871. The summed E-state index contributed by atoms with van der Waals surface area (Å²) in [6, 6.07) is 4.22. The molecule has 2 rings (SSSR count). The third kappa shape index (κ3) is 3.45. The number of hydrogen-bond donors (Lipinski definition) is 2. The Morgan fingerprint density at radius 1 is 1.29 bits per heavy atom. The summed E-state index contributed by atoms with van der Waals surface area (Å²) >= 11 is 1.91. The second kappa shape index (κ2) is 5.86. The van der Waals surface area contributed by atoms with Gasteiger partial charge in [0.1, 0.15) is 5.82 Å². The van der Waals surface area contributed by atoms with Gasteiger partial charge < -0.3 is 10.0 Å². The first-order valence-corrected chi connectivity index (χ1v) is 6.77. The molecule has 17 heavy (non-hydrogen) atoms. The van der Waals surface area contributed by atoms with Gasteiger partial charge in [0.15, 0.2) is 0 Å². The number of halogens is 1. The molecule has 1 aromatic carbocycles. The van der Waals surface area contributed by atoms with Crippen molar-refractivity contribution in [1.82, 2.24) is 4.90 Å². The molecule has 1 aromatic rings. The summed E-state index contributed by atoms with van der Waals surface area (Å²) in [6.07, 6.45) is 0. The first-order chi connectivity index (χ1) is 8.16. The molecule has 1 fully saturated rings. The van der Waals surface area contributed by atoms with Gasteiger partial charge in [-0.25, -0.2) is 4.39 Å². The van der Waals surface area contributed by atoms with E-state index in [1.54, 1.807) is 0 Å². The highest BCUT2D eigenvalue weighted by Gasteiger charge is 2.16. The highest BCUT2D eigenvalue weighted by Crippen LogP contribution is 2.14. The zero-order valence-electron chi connectivity index (χ0n) is 9.47. The molecule has 0 bridgehead atoms. The van der Waals surface area contributed by atoms with Crippen LogP contribution in [0.5, 0.6) is 0 Å². The van der Waals surface area contributed by atoms with Gasteiger partial charge in [0, 0.05) is 36.7 Å². The number of benzene rings is 1. The van der Waals surface area contributed by atoms with Gasteiger partial charge in [0.25, 0.3) is 0 Å². The van der Waals surface area contributed by atoms with Crippen LogP contribution in [0.25, 0.3) is 0 Å². The molecule has 1 saturated heterocycles. The van der Waals surface area contributed by atoms with Gasteiger partial charge >= 0.3 is 7.12 Å². The fraction of sp³-hybridized carbons (Fsp3) is 0.455. The van der Waals surface area contributed by atoms with Crippen molar-refractivity contribution in [2.75, 3.05) is 24.6 Å². The monoisotopic (exact) mass is 255 g/mol. The van der Waals surface area contributed by atoms with E-state index in [9.17, 15) is 4.39 Å². The Kier molecular flexibility index (Phi) is 4.45. The maximum absolute atomic E-state index is 13.6. The highest BCUT2D eigenvalue weighted by atomic mass is 32.2. The molecule has 1 aliphatic rings. The SMILES string of the molecule is OB(O)c1ccc(F)c(CN2CCSCC2)c1. The van der Waals surface area contributed by atoms with Gasteiger partial charge in [-0.05, 0) is 11.5 Å². The Bertz CT molecular complexity index is 386. The quantitative estimate of drug-likeness (QED) is 0.749. The van der Waals surface area contributed by atoms with E-state index in [-0.39, 0.29) is 5.82 Å². The molecule has 0 radical (unpaired) electrons. The van der Waals surface area contributed by atoms with Crippen molar-refractivity contribution in [1.29, 1.82) is 0 Å². The maximum atomic E-state index is 13.6. The molecule has 1 heterocycles. The van der Waals surface area contributed by atoms with Gasteiger partial charge in [-0.2, -0.15) is 11.8 Å². The Labute approximate surface area is 105 Å². The summed E-state index contributed by atoms with van der Waals surface area (Å²) in [4.78, 5) is 2.18. The Morgan fingerprint density at radius 3 is 2.65 bits per heavy atom. The highest BCUT2D eigenvalue weighted by molar-refractivity contribution is 7.99. The zero-order valence-corrected chi connectivity index (χ0v) is 10.3. The van der Waals surface area contributed by atoms with Crippen molar-refractivity contribution in [2.45, 2.75) is 6.54 Å². The van der Waals surface area contributed by atoms with E-state index < -0.39 is 7.12 Å². The van der Waals surface area contributed by atoms with Gasteiger partial charge in [-0.3, -0.25) is 4.90 Å². The molecule has 1 aliphatic heterocycles. The summed E-state index contributed by atoms with van der Waals surface area (Å²) < 4.78 is 13.6. The molecular formula is C11H15BFNO2S. The van der Waals surface area contributed by atoms with E-state index >= 15 is 0 Å². The number of hydrogen-bond acceptors (Lipinski definition) is 4. The van der Waals surface area contributed by atoms with Crippen LogP contribution in [-0.4, -0.2) is 46.7 Å². The van der Waals surface area contributed by atoms with Crippen molar-refractivity contribution in [3.05, 3.63) is 29.6 Å². The lowest BCUT2D eigenvalue weighted by atomic mass is 9.79. The predicted molar refractivity (Wildman–Crippen MR) is 68.8 cm³/mol. The lowest BCUT2D eigenvalue weighted by molar-refractivity contribution is 0.290. The number of thioether (sulfide) groups is 1. The summed E-state index contributed by atoms with van der Waals surface area (Å²) in [5, 5.41) is 18.1. The van der Waals surface area contributed by atoms with E-state index in [2.05, 4.69) is 4.90 Å². The molecule has 0 saturated carbocycles. The Hall–Kier alpha value is -0.555. The number of nitrogens with zero attached hydrogens (tertiary/aromatic N) is 1. The molecule has 0 amide bonds. The van der Waals surface area contributed by atoms with Gasteiger partial charge in [-0.1, -0.05) is 12.1 Å². The zero-order chi connectivity index (χ0) is 12.3. The smallest absolute Gasteiger partial charge is 0.423 e. The normalized spacial score (nSPS) is 17.1. The van der Waals surface area contributed by atoms with Crippen molar-refractivity contribution in [3.63, 3.8) is 0 Å². The van der Waals surface area contributed by atoms with Crippen LogP contribution < -0.4 is 5.46 Å². The molecule has 0 spiro atoms. The van der Waals surface area contributed by atoms with E-state index in [0.717, 1.165) is 24.6 Å². The molecule has 0 aliphatic carbocycles. The van der Waals surface area contributed by atoms with Crippen molar-refractivity contribution < 1.29 is 14.4 Å². The second-order valence-electron chi connectivity index (χ2n) is 4.11. The standard InChI is InChI=1S/C11H15BFNO2S/c13-11-2-1-10(12(15)16)7-9(11)8-14-3-5-17-6-4-14/h1-2,7,15-16H,3-6,8H2. The average molecular weight is 255 g/mol. The molecule has 0 atom stereocenters. The van der Waals surface area contributed by atoms with Crippen LogP contribution in [0.1, 0.15) is 5.56 Å². The molecular weight excluding hydrogens is 240 g/mol. The molecule has 3 nitrogen and oxygen atoms in total. The van der Waals surface area contributed by atoms with Crippen LogP contribution >= 0.6 is 11.8 Å². The molecule has 6 heteroatoms.